The summed E-state index contributed by atoms with van der Waals surface area (Å²) >= 11 is 0. The first-order valence-electron chi connectivity index (χ1n) is 10.4. The molecule has 0 spiro atoms. The second-order valence-electron chi connectivity index (χ2n) is 7.56. The molecule has 1 saturated heterocycles. The second kappa shape index (κ2) is 9.59. The Labute approximate surface area is 192 Å². The van der Waals surface area contributed by atoms with E-state index in [0.717, 1.165) is 0 Å². The number of ether oxygens (including phenoxy) is 2. The number of carbonyl (C=O) groups excluding carboxylic acids is 1. The lowest BCUT2D eigenvalue weighted by atomic mass is 9.97. The molecule has 0 radical (unpaired) electrons. The van der Waals surface area contributed by atoms with E-state index in [2.05, 4.69) is 15.3 Å². The number of carbonyl (C=O) groups is 1. The molecule has 1 aromatic carbocycles. The van der Waals surface area contributed by atoms with Gasteiger partial charge in [-0.2, -0.15) is 4.31 Å². The van der Waals surface area contributed by atoms with Crippen LogP contribution in [0, 0.1) is 5.92 Å². The number of methoxy groups -OCH3 is 2. The van der Waals surface area contributed by atoms with Crippen LogP contribution in [0.25, 0.3) is 5.82 Å². The van der Waals surface area contributed by atoms with Gasteiger partial charge in [0, 0.05) is 37.5 Å². The third kappa shape index (κ3) is 4.83. The smallest absolute Gasteiger partial charge is 0.243 e. The fourth-order valence-electron chi connectivity index (χ4n) is 3.74. The predicted molar refractivity (Wildman–Crippen MR) is 121 cm³/mol. The Bertz CT molecular complexity index is 1200. The Morgan fingerprint density at radius 2 is 1.85 bits per heavy atom. The van der Waals surface area contributed by atoms with E-state index in [1.807, 2.05) is 0 Å². The zero-order chi connectivity index (χ0) is 23.4. The maximum atomic E-state index is 13.1. The molecule has 3 heterocycles. The quantitative estimate of drug-likeness (QED) is 0.562. The standard InChI is InChI=1S/C22H25N5O5S/c1-31-19-5-4-18(13-20(19)32-2)33(29,30)27-10-7-16(8-11-27)22(28)25-17-3-6-21(24-14-17)26-12-9-23-15-26/h3-6,9,12-16H,7-8,10-11H2,1-2H3,(H,25,28). The van der Waals surface area contributed by atoms with Crippen molar-refractivity contribution in [2.75, 3.05) is 32.6 Å². The molecule has 0 saturated carbocycles. The van der Waals surface area contributed by atoms with Crippen molar-refractivity contribution in [2.24, 2.45) is 5.92 Å². The normalized spacial score (nSPS) is 15.2. The fourth-order valence-corrected chi connectivity index (χ4v) is 5.22. The molecule has 0 unspecified atom stereocenters. The molecular formula is C22H25N5O5S. The Balaban J connectivity index is 1.36. The van der Waals surface area contributed by atoms with Crippen LogP contribution in [0.3, 0.4) is 0 Å². The number of nitrogens with zero attached hydrogens (tertiary/aromatic N) is 4. The second-order valence-corrected chi connectivity index (χ2v) is 9.50. The number of nitrogens with one attached hydrogen (secondary N) is 1. The van der Waals surface area contributed by atoms with Gasteiger partial charge in [-0.1, -0.05) is 0 Å². The molecule has 1 fully saturated rings. The first kappa shape index (κ1) is 22.7. The van der Waals surface area contributed by atoms with E-state index in [9.17, 15) is 13.2 Å². The van der Waals surface area contributed by atoms with Crippen molar-refractivity contribution in [3.63, 3.8) is 0 Å². The van der Waals surface area contributed by atoms with E-state index >= 15 is 0 Å². The molecule has 0 atom stereocenters. The van der Waals surface area contributed by atoms with Gasteiger partial charge in [-0.15, -0.1) is 0 Å². The number of anilines is 1. The molecule has 1 N–H and O–H groups in total. The minimum Gasteiger partial charge on any atom is -0.493 e. The lowest BCUT2D eigenvalue weighted by Gasteiger charge is -2.30. The third-order valence-corrected chi connectivity index (χ3v) is 7.50. The van der Waals surface area contributed by atoms with Crippen molar-refractivity contribution in [3.8, 4) is 17.3 Å². The highest BCUT2D eigenvalue weighted by molar-refractivity contribution is 7.89. The van der Waals surface area contributed by atoms with E-state index < -0.39 is 10.0 Å². The van der Waals surface area contributed by atoms with Gasteiger partial charge in [-0.25, -0.2) is 18.4 Å². The highest BCUT2D eigenvalue weighted by Crippen LogP contribution is 2.32. The highest BCUT2D eigenvalue weighted by atomic mass is 32.2. The fraction of sp³-hybridized carbons (Fsp3) is 0.318. The number of aromatic nitrogens is 3. The van der Waals surface area contributed by atoms with Gasteiger partial charge in [0.25, 0.3) is 0 Å². The number of rotatable bonds is 7. The predicted octanol–water partition coefficient (Wildman–Crippen LogP) is 2.32. The van der Waals surface area contributed by atoms with Crippen LogP contribution in [0.4, 0.5) is 5.69 Å². The first-order valence-corrected chi connectivity index (χ1v) is 11.8. The van der Waals surface area contributed by atoms with Gasteiger partial charge in [0.2, 0.25) is 15.9 Å². The van der Waals surface area contributed by atoms with Gasteiger partial charge < -0.3 is 14.8 Å². The van der Waals surface area contributed by atoms with E-state index in [0.29, 0.717) is 35.8 Å². The molecule has 1 amide bonds. The average Bonchev–Trinajstić information content (AvgIpc) is 3.39. The van der Waals surface area contributed by atoms with E-state index in [4.69, 9.17) is 9.47 Å². The Morgan fingerprint density at radius 3 is 2.45 bits per heavy atom. The topological polar surface area (TPSA) is 116 Å². The van der Waals surface area contributed by atoms with Crippen LogP contribution < -0.4 is 14.8 Å². The SMILES string of the molecule is COc1ccc(S(=O)(=O)N2CCC(C(=O)Nc3ccc(-n4ccnc4)nc3)CC2)cc1OC. The molecule has 33 heavy (non-hydrogen) atoms. The summed E-state index contributed by atoms with van der Waals surface area (Å²) in [6.45, 7) is 0.513. The van der Waals surface area contributed by atoms with Crippen LogP contribution in [-0.2, 0) is 14.8 Å². The van der Waals surface area contributed by atoms with Crippen molar-refractivity contribution in [3.05, 3.63) is 55.2 Å². The van der Waals surface area contributed by atoms with Crippen LogP contribution >= 0.6 is 0 Å². The lowest BCUT2D eigenvalue weighted by Crippen LogP contribution is -2.41. The van der Waals surface area contributed by atoms with Crippen molar-refractivity contribution >= 4 is 21.6 Å². The molecule has 2 aromatic heterocycles. The molecule has 1 aliphatic rings. The summed E-state index contributed by atoms with van der Waals surface area (Å²) in [4.78, 5) is 21.1. The number of pyridine rings is 1. The zero-order valence-corrected chi connectivity index (χ0v) is 19.2. The van der Waals surface area contributed by atoms with Crippen LogP contribution in [-0.4, -0.2) is 60.5 Å². The van der Waals surface area contributed by atoms with Crippen LogP contribution in [0.15, 0.2) is 60.1 Å². The Hall–Kier alpha value is -3.44. The summed E-state index contributed by atoms with van der Waals surface area (Å²) in [5.74, 6) is 1.07. The summed E-state index contributed by atoms with van der Waals surface area (Å²) < 4.78 is 39.7. The van der Waals surface area contributed by atoms with Crippen LogP contribution in [0.5, 0.6) is 11.5 Å². The van der Waals surface area contributed by atoms with Gasteiger partial charge in [0.15, 0.2) is 11.5 Å². The summed E-state index contributed by atoms with van der Waals surface area (Å²) in [5.41, 5.74) is 0.587. The van der Waals surface area contributed by atoms with Crippen molar-refractivity contribution in [1.29, 1.82) is 0 Å². The van der Waals surface area contributed by atoms with Crippen LogP contribution in [0.1, 0.15) is 12.8 Å². The molecular weight excluding hydrogens is 446 g/mol. The molecule has 11 heteroatoms. The number of hydrogen-bond donors (Lipinski definition) is 1. The summed E-state index contributed by atoms with van der Waals surface area (Å²) in [6, 6.07) is 8.08. The molecule has 4 rings (SSSR count). The van der Waals surface area contributed by atoms with Gasteiger partial charge in [0.05, 0.1) is 31.0 Å². The largest absolute Gasteiger partial charge is 0.493 e. The number of hydrogen-bond acceptors (Lipinski definition) is 7. The van der Waals surface area contributed by atoms with Crippen molar-refractivity contribution < 1.29 is 22.7 Å². The number of benzene rings is 1. The van der Waals surface area contributed by atoms with Crippen molar-refractivity contribution in [1.82, 2.24) is 18.8 Å². The molecule has 1 aliphatic heterocycles. The third-order valence-electron chi connectivity index (χ3n) is 5.60. The van der Waals surface area contributed by atoms with E-state index in [1.54, 1.807) is 47.7 Å². The van der Waals surface area contributed by atoms with Gasteiger partial charge in [-0.05, 0) is 37.1 Å². The molecule has 0 bridgehead atoms. The number of sulfonamides is 1. The molecule has 174 valence electrons. The summed E-state index contributed by atoms with van der Waals surface area (Å²) in [5, 5.41) is 2.87. The molecule has 0 aliphatic carbocycles. The number of imidazole rings is 1. The van der Waals surface area contributed by atoms with E-state index in [1.165, 1.54) is 30.7 Å². The maximum Gasteiger partial charge on any atom is 0.243 e. The zero-order valence-electron chi connectivity index (χ0n) is 18.3. The minimum absolute atomic E-state index is 0.132. The van der Waals surface area contributed by atoms with Crippen LogP contribution in [0.2, 0.25) is 0 Å². The summed E-state index contributed by atoms with van der Waals surface area (Å²) in [6.07, 6.45) is 7.53. The highest BCUT2D eigenvalue weighted by Gasteiger charge is 2.32. The molecule has 3 aromatic rings. The van der Waals surface area contributed by atoms with E-state index in [-0.39, 0.29) is 29.8 Å². The van der Waals surface area contributed by atoms with Crippen molar-refractivity contribution in [2.45, 2.75) is 17.7 Å². The molecule has 10 nitrogen and oxygen atoms in total. The maximum absolute atomic E-state index is 13.1. The van der Waals surface area contributed by atoms with Gasteiger partial charge >= 0.3 is 0 Å². The van der Waals surface area contributed by atoms with Gasteiger partial charge in [0.1, 0.15) is 12.1 Å². The first-order chi connectivity index (χ1) is 15.9. The summed E-state index contributed by atoms with van der Waals surface area (Å²) in [7, 11) is -0.756. The average molecular weight is 472 g/mol. The number of piperidine rings is 1. The Morgan fingerprint density at radius 1 is 1.09 bits per heavy atom. The van der Waals surface area contributed by atoms with Gasteiger partial charge in [-0.3, -0.25) is 9.36 Å². The Kier molecular flexibility index (Phi) is 6.61. The number of amides is 1. The minimum atomic E-state index is -3.71. The lowest BCUT2D eigenvalue weighted by molar-refractivity contribution is -0.120. The monoisotopic (exact) mass is 471 g/mol.